The summed E-state index contributed by atoms with van der Waals surface area (Å²) in [4.78, 5) is 27.9. The molecule has 0 aromatic carbocycles. The van der Waals surface area contributed by atoms with Crippen molar-refractivity contribution in [1.29, 1.82) is 0 Å². The van der Waals surface area contributed by atoms with Crippen LogP contribution in [0.4, 0.5) is 0 Å². The van der Waals surface area contributed by atoms with Crippen LogP contribution in [0.25, 0.3) is 0 Å². The van der Waals surface area contributed by atoms with Gasteiger partial charge in [-0.1, -0.05) is 38.8 Å². The molecule has 4 atom stereocenters. The average Bonchev–Trinajstić information content (AvgIpc) is 2.52. The maximum absolute atomic E-state index is 13.4. The average molecular weight is 349 g/mol. The van der Waals surface area contributed by atoms with Crippen molar-refractivity contribution in [3.05, 3.63) is 11.6 Å². The third kappa shape index (κ3) is 2.31. The molecular formula is C20H31NO4. The first-order valence-corrected chi connectivity index (χ1v) is 9.48. The minimum atomic E-state index is -2.11. The third-order valence-corrected chi connectivity index (χ3v) is 6.97. The van der Waals surface area contributed by atoms with E-state index in [2.05, 4.69) is 13.8 Å². The highest BCUT2D eigenvalue weighted by molar-refractivity contribution is 6.08. The van der Waals surface area contributed by atoms with Gasteiger partial charge in [0.1, 0.15) is 0 Å². The summed E-state index contributed by atoms with van der Waals surface area (Å²) in [6.07, 6.45) is 5.77. The molecule has 5 nitrogen and oxygen atoms in total. The quantitative estimate of drug-likeness (QED) is 0.473. The van der Waals surface area contributed by atoms with Crippen LogP contribution in [0.2, 0.25) is 0 Å². The summed E-state index contributed by atoms with van der Waals surface area (Å²) in [5.74, 6) is -0.692. The number of ether oxygens (including phenoxy) is 1. The minimum absolute atomic E-state index is 0.0620. The molecule has 1 amide bonds. The normalized spacial score (nSPS) is 40.0. The van der Waals surface area contributed by atoms with Crippen LogP contribution in [0.3, 0.4) is 0 Å². The largest absolute Gasteiger partial charge is 0.463 e. The highest BCUT2D eigenvalue weighted by atomic mass is 16.6. The van der Waals surface area contributed by atoms with Crippen LogP contribution in [-0.2, 0) is 14.3 Å². The van der Waals surface area contributed by atoms with Crippen molar-refractivity contribution < 1.29 is 19.4 Å². The van der Waals surface area contributed by atoms with E-state index in [1.807, 2.05) is 19.9 Å². The van der Waals surface area contributed by atoms with Crippen molar-refractivity contribution >= 4 is 11.9 Å². The number of carbonyl (C=O) groups is 2. The minimum Gasteiger partial charge on any atom is -0.463 e. The van der Waals surface area contributed by atoms with E-state index in [1.165, 1.54) is 5.57 Å². The number of piperidine rings is 1. The van der Waals surface area contributed by atoms with Crippen LogP contribution in [0, 0.1) is 17.3 Å². The number of hydrogen-bond donors (Lipinski definition) is 1. The standard InChI is InChI=1S/C20H31NO4/c1-6-25-17(23)20(24)16(22)21-10-9-14(3)12-19(21)11-13(2)7-8-15(19)18(20,4)5/h9,13,15,24H,6-8,10-12H2,1-5H3/t13-,15+,19-,20-/m0/s1. The SMILES string of the molecule is CCOC(=O)[C@@]1(O)C(=O)N2CC=C(C)C[C@]23C[C@@H](C)CC[C@@H]3C1(C)C. The Kier molecular flexibility index (Phi) is 4.30. The summed E-state index contributed by atoms with van der Waals surface area (Å²) in [5.41, 5.74) is -1.99. The lowest BCUT2D eigenvalue weighted by Gasteiger charge is -2.65. The topological polar surface area (TPSA) is 66.8 Å². The smallest absolute Gasteiger partial charge is 0.348 e. The van der Waals surface area contributed by atoms with Crippen molar-refractivity contribution in [3.8, 4) is 0 Å². The molecule has 0 unspecified atom stereocenters. The van der Waals surface area contributed by atoms with Crippen molar-refractivity contribution in [2.45, 2.75) is 71.4 Å². The van der Waals surface area contributed by atoms with Crippen LogP contribution < -0.4 is 0 Å². The lowest BCUT2D eigenvalue weighted by atomic mass is 9.49. The highest BCUT2D eigenvalue weighted by Crippen LogP contribution is 2.60. The van der Waals surface area contributed by atoms with Crippen LogP contribution in [0.1, 0.15) is 60.3 Å². The first kappa shape index (κ1) is 18.4. The Balaban J connectivity index is 2.16. The molecule has 25 heavy (non-hydrogen) atoms. The molecule has 1 N–H and O–H groups in total. The second-order valence-corrected chi connectivity index (χ2v) is 8.84. The van der Waals surface area contributed by atoms with Crippen molar-refractivity contribution in [2.24, 2.45) is 17.3 Å². The fourth-order valence-electron chi connectivity index (χ4n) is 5.77. The maximum Gasteiger partial charge on any atom is 0.348 e. The lowest BCUT2D eigenvalue weighted by Crippen LogP contribution is -2.78. The Morgan fingerprint density at radius 2 is 2.08 bits per heavy atom. The van der Waals surface area contributed by atoms with E-state index in [-0.39, 0.29) is 18.1 Å². The van der Waals surface area contributed by atoms with Gasteiger partial charge in [-0.3, -0.25) is 4.79 Å². The number of carbonyl (C=O) groups excluding carboxylic acids is 2. The molecule has 1 saturated carbocycles. The summed E-state index contributed by atoms with van der Waals surface area (Å²) in [7, 11) is 0. The van der Waals surface area contributed by atoms with Gasteiger partial charge in [-0.05, 0) is 44.9 Å². The van der Waals surface area contributed by atoms with Gasteiger partial charge in [0.15, 0.2) is 0 Å². The van der Waals surface area contributed by atoms with Gasteiger partial charge in [-0.15, -0.1) is 0 Å². The Morgan fingerprint density at radius 1 is 1.40 bits per heavy atom. The van der Waals surface area contributed by atoms with Crippen molar-refractivity contribution in [3.63, 3.8) is 0 Å². The molecule has 5 heteroatoms. The van der Waals surface area contributed by atoms with Crippen molar-refractivity contribution in [1.82, 2.24) is 4.90 Å². The Bertz CT molecular complexity index is 625. The van der Waals surface area contributed by atoms with Crippen molar-refractivity contribution in [2.75, 3.05) is 13.2 Å². The predicted molar refractivity (Wildman–Crippen MR) is 94.7 cm³/mol. The van der Waals surface area contributed by atoms with Crippen LogP contribution in [0.15, 0.2) is 11.6 Å². The number of nitrogens with zero attached hydrogens (tertiary/aromatic N) is 1. The van der Waals surface area contributed by atoms with E-state index in [1.54, 1.807) is 11.8 Å². The predicted octanol–water partition coefficient (Wildman–Crippen LogP) is 2.67. The molecule has 0 aromatic rings. The molecule has 2 fully saturated rings. The number of hydrogen-bond acceptors (Lipinski definition) is 4. The summed E-state index contributed by atoms with van der Waals surface area (Å²) in [5, 5.41) is 11.4. The molecule has 1 saturated heterocycles. The molecule has 3 rings (SSSR count). The van der Waals surface area contributed by atoms with E-state index in [0.29, 0.717) is 12.5 Å². The summed E-state index contributed by atoms with van der Waals surface area (Å²) < 4.78 is 5.14. The van der Waals surface area contributed by atoms with Crippen LogP contribution >= 0.6 is 0 Å². The second-order valence-electron chi connectivity index (χ2n) is 8.84. The molecule has 2 aliphatic heterocycles. The Hall–Kier alpha value is -1.36. The fraction of sp³-hybridized carbons (Fsp3) is 0.800. The Labute approximate surface area is 150 Å². The third-order valence-electron chi connectivity index (χ3n) is 6.97. The van der Waals surface area contributed by atoms with Gasteiger partial charge in [0.25, 0.3) is 5.91 Å². The van der Waals surface area contributed by atoms with E-state index in [9.17, 15) is 14.7 Å². The Morgan fingerprint density at radius 3 is 2.72 bits per heavy atom. The van der Waals surface area contributed by atoms with E-state index >= 15 is 0 Å². The molecule has 2 heterocycles. The van der Waals surface area contributed by atoms with Gasteiger partial charge in [-0.2, -0.15) is 0 Å². The molecule has 1 spiro atoms. The lowest BCUT2D eigenvalue weighted by molar-refractivity contribution is -0.228. The van der Waals surface area contributed by atoms with E-state index in [0.717, 1.165) is 25.7 Å². The number of rotatable bonds is 2. The number of esters is 1. The van der Waals surface area contributed by atoms with Crippen LogP contribution in [-0.4, -0.2) is 46.2 Å². The first-order valence-electron chi connectivity index (χ1n) is 9.48. The maximum atomic E-state index is 13.4. The van der Waals surface area contributed by atoms with Gasteiger partial charge >= 0.3 is 5.97 Å². The van der Waals surface area contributed by atoms with Gasteiger partial charge in [0, 0.05) is 12.0 Å². The number of aliphatic hydroxyl groups is 1. The van der Waals surface area contributed by atoms with Crippen LogP contribution in [0.5, 0.6) is 0 Å². The number of amides is 1. The summed E-state index contributed by atoms with van der Waals surface area (Å²) in [6, 6.07) is 0. The molecule has 140 valence electrons. The summed E-state index contributed by atoms with van der Waals surface area (Å²) >= 11 is 0. The second kappa shape index (κ2) is 5.83. The zero-order valence-electron chi connectivity index (χ0n) is 16.1. The molecule has 0 radical (unpaired) electrons. The first-order chi connectivity index (χ1) is 11.6. The van der Waals surface area contributed by atoms with Gasteiger partial charge in [0.05, 0.1) is 12.1 Å². The van der Waals surface area contributed by atoms with Gasteiger partial charge in [0.2, 0.25) is 5.60 Å². The van der Waals surface area contributed by atoms with Gasteiger partial charge < -0.3 is 14.7 Å². The van der Waals surface area contributed by atoms with Gasteiger partial charge in [-0.25, -0.2) is 4.79 Å². The van der Waals surface area contributed by atoms with E-state index < -0.39 is 22.9 Å². The zero-order chi connectivity index (χ0) is 18.6. The summed E-state index contributed by atoms with van der Waals surface area (Å²) in [6.45, 7) is 10.4. The molecular weight excluding hydrogens is 318 g/mol. The molecule has 0 bridgehead atoms. The van der Waals surface area contributed by atoms with E-state index in [4.69, 9.17) is 4.74 Å². The molecule has 3 aliphatic rings. The zero-order valence-corrected chi connectivity index (χ0v) is 16.1. The monoisotopic (exact) mass is 349 g/mol. The fourth-order valence-corrected chi connectivity index (χ4v) is 5.77. The molecule has 0 aromatic heterocycles. The molecule has 1 aliphatic carbocycles. The highest BCUT2D eigenvalue weighted by Gasteiger charge is 2.71.